The second-order valence-corrected chi connectivity index (χ2v) is 4.86. The molecule has 0 fully saturated rings. The van der Waals surface area contributed by atoms with Gasteiger partial charge in [-0.05, 0) is 37.1 Å². The molecule has 0 aliphatic heterocycles. The highest BCUT2D eigenvalue weighted by molar-refractivity contribution is 5.83. The summed E-state index contributed by atoms with van der Waals surface area (Å²) in [4.78, 5) is 0. The molecule has 0 unspecified atom stereocenters. The van der Waals surface area contributed by atoms with Crippen LogP contribution in [0.1, 0.15) is 12.0 Å². The SMILES string of the molecule is COCCOCCCn1ccc2c(CCN)cccc21. The van der Waals surface area contributed by atoms with Gasteiger partial charge in [-0.25, -0.2) is 0 Å². The second-order valence-electron chi connectivity index (χ2n) is 4.86. The zero-order valence-corrected chi connectivity index (χ0v) is 12.2. The number of hydrogen-bond donors (Lipinski definition) is 1. The number of hydrogen-bond acceptors (Lipinski definition) is 3. The summed E-state index contributed by atoms with van der Waals surface area (Å²) in [5.74, 6) is 0. The minimum atomic E-state index is 0.662. The fourth-order valence-corrected chi connectivity index (χ4v) is 2.44. The summed E-state index contributed by atoms with van der Waals surface area (Å²) in [7, 11) is 1.69. The van der Waals surface area contributed by atoms with Crippen molar-refractivity contribution in [2.24, 2.45) is 5.73 Å². The minimum Gasteiger partial charge on any atom is -0.382 e. The van der Waals surface area contributed by atoms with Gasteiger partial charge in [-0.1, -0.05) is 12.1 Å². The highest BCUT2D eigenvalue weighted by Gasteiger charge is 2.04. The summed E-state index contributed by atoms with van der Waals surface area (Å²) in [6.45, 7) is 3.77. The standard InChI is InChI=1S/C16H24N2O2/c1-19-12-13-20-11-3-9-18-10-7-15-14(6-8-17)4-2-5-16(15)18/h2,4-5,7,10H,3,6,8-9,11-13,17H2,1H3. The van der Waals surface area contributed by atoms with Gasteiger partial charge in [-0.15, -0.1) is 0 Å². The first kappa shape index (κ1) is 15.0. The van der Waals surface area contributed by atoms with Crippen molar-refractivity contribution >= 4 is 10.9 Å². The van der Waals surface area contributed by atoms with Crippen molar-refractivity contribution in [3.8, 4) is 0 Å². The van der Waals surface area contributed by atoms with Crippen LogP contribution in [0.2, 0.25) is 0 Å². The average molecular weight is 276 g/mol. The number of rotatable bonds is 9. The van der Waals surface area contributed by atoms with Crippen LogP contribution in [0.3, 0.4) is 0 Å². The van der Waals surface area contributed by atoms with E-state index >= 15 is 0 Å². The molecule has 0 aliphatic rings. The van der Waals surface area contributed by atoms with Crippen LogP contribution in [0.5, 0.6) is 0 Å². The van der Waals surface area contributed by atoms with E-state index in [-0.39, 0.29) is 0 Å². The molecule has 1 aromatic heterocycles. The van der Waals surface area contributed by atoms with E-state index in [0.29, 0.717) is 19.8 Å². The van der Waals surface area contributed by atoms with Gasteiger partial charge in [-0.3, -0.25) is 0 Å². The molecule has 20 heavy (non-hydrogen) atoms. The Bertz CT molecular complexity index is 522. The first-order valence-electron chi connectivity index (χ1n) is 7.20. The molecule has 0 radical (unpaired) electrons. The summed E-state index contributed by atoms with van der Waals surface area (Å²) in [6, 6.07) is 8.62. The first-order chi connectivity index (χ1) is 9.86. The monoisotopic (exact) mass is 276 g/mol. The fourth-order valence-electron chi connectivity index (χ4n) is 2.44. The van der Waals surface area contributed by atoms with E-state index in [2.05, 4.69) is 35.0 Å². The van der Waals surface area contributed by atoms with Crippen LogP contribution >= 0.6 is 0 Å². The number of aromatic nitrogens is 1. The maximum atomic E-state index is 5.66. The third-order valence-corrected chi connectivity index (χ3v) is 3.44. The third kappa shape index (κ3) is 3.82. The molecular weight excluding hydrogens is 252 g/mol. The number of benzene rings is 1. The van der Waals surface area contributed by atoms with Gasteiger partial charge in [0.1, 0.15) is 0 Å². The molecule has 4 nitrogen and oxygen atoms in total. The zero-order chi connectivity index (χ0) is 14.2. The second kappa shape index (κ2) is 8.04. The lowest BCUT2D eigenvalue weighted by Crippen LogP contribution is -2.06. The molecule has 0 saturated carbocycles. The van der Waals surface area contributed by atoms with E-state index in [4.69, 9.17) is 15.2 Å². The van der Waals surface area contributed by atoms with E-state index in [9.17, 15) is 0 Å². The lowest BCUT2D eigenvalue weighted by molar-refractivity contribution is 0.0681. The average Bonchev–Trinajstić information content (AvgIpc) is 2.87. The lowest BCUT2D eigenvalue weighted by atomic mass is 10.1. The third-order valence-electron chi connectivity index (χ3n) is 3.44. The van der Waals surface area contributed by atoms with Crippen LogP contribution in [-0.2, 0) is 22.4 Å². The van der Waals surface area contributed by atoms with Crippen molar-refractivity contribution < 1.29 is 9.47 Å². The van der Waals surface area contributed by atoms with Crippen molar-refractivity contribution in [3.05, 3.63) is 36.0 Å². The van der Waals surface area contributed by atoms with Crippen LogP contribution in [0.4, 0.5) is 0 Å². The van der Waals surface area contributed by atoms with Crippen molar-refractivity contribution in [2.75, 3.05) is 33.5 Å². The highest BCUT2D eigenvalue weighted by Crippen LogP contribution is 2.20. The largest absolute Gasteiger partial charge is 0.382 e. The molecule has 1 heterocycles. The molecular formula is C16H24N2O2. The normalized spacial score (nSPS) is 11.3. The van der Waals surface area contributed by atoms with Gasteiger partial charge in [0, 0.05) is 37.4 Å². The fraction of sp³-hybridized carbons (Fsp3) is 0.500. The number of nitrogens with two attached hydrogens (primary N) is 1. The van der Waals surface area contributed by atoms with Crippen LogP contribution in [0.25, 0.3) is 10.9 Å². The predicted molar refractivity (Wildman–Crippen MR) is 82.0 cm³/mol. The molecule has 2 aromatic rings. The van der Waals surface area contributed by atoms with Crippen molar-refractivity contribution in [1.82, 2.24) is 4.57 Å². The first-order valence-corrected chi connectivity index (χ1v) is 7.20. The van der Waals surface area contributed by atoms with Gasteiger partial charge in [0.15, 0.2) is 0 Å². The van der Waals surface area contributed by atoms with Gasteiger partial charge < -0.3 is 19.8 Å². The zero-order valence-electron chi connectivity index (χ0n) is 12.2. The van der Waals surface area contributed by atoms with Crippen molar-refractivity contribution in [2.45, 2.75) is 19.4 Å². The molecule has 110 valence electrons. The van der Waals surface area contributed by atoms with Gasteiger partial charge in [0.05, 0.1) is 13.2 Å². The molecule has 2 rings (SSSR count). The molecule has 1 aromatic carbocycles. The molecule has 0 amide bonds. The topological polar surface area (TPSA) is 49.4 Å². The smallest absolute Gasteiger partial charge is 0.0700 e. The summed E-state index contributed by atoms with van der Waals surface area (Å²) in [6.07, 6.45) is 4.09. The molecule has 4 heteroatoms. The summed E-state index contributed by atoms with van der Waals surface area (Å²) in [5.41, 5.74) is 8.28. The highest BCUT2D eigenvalue weighted by atomic mass is 16.5. The van der Waals surface area contributed by atoms with Crippen LogP contribution in [0.15, 0.2) is 30.5 Å². The Balaban J connectivity index is 1.92. The quantitative estimate of drug-likeness (QED) is 0.714. The Morgan fingerprint density at radius 1 is 1.15 bits per heavy atom. The minimum absolute atomic E-state index is 0.662. The Morgan fingerprint density at radius 3 is 2.85 bits per heavy atom. The van der Waals surface area contributed by atoms with E-state index in [1.54, 1.807) is 7.11 Å². The Kier molecular flexibility index (Phi) is 6.05. The predicted octanol–water partition coefficient (Wildman–Crippen LogP) is 2.20. The van der Waals surface area contributed by atoms with Crippen molar-refractivity contribution in [1.29, 1.82) is 0 Å². The number of methoxy groups -OCH3 is 1. The molecule has 2 N–H and O–H groups in total. The van der Waals surface area contributed by atoms with Gasteiger partial charge in [0.2, 0.25) is 0 Å². The lowest BCUT2D eigenvalue weighted by Gasteiger charge is -2.07. The van der Waals surface area contributed by atoms with E-state index in [1.165, 1.54) is 16.5 Å². The van der Waals surface area contributed by atoms with E-state index in [1.807, 2.05) is 0 Å². The molecule has 0 atom stereocenters. The Morgan fingerprint density at radius 2 is 2.05 bits per heavy atom. The van der Waals surface area contributed by atoms with Crippen molar-refractivity contribution in [3.63, 3.8) is 0 Å². The summed E-state index contributed by atoms with van der Waals surface area (Å²) < 4.78 is 12.7. The number of aryl methyl sites for hydroxylation is 1. The molecule has 0 bridgehead atoms. The maximum Gasteiger partial charge on any atom is 0.0700 e. The van der Waals surface area contributed by atoms with E-state index in [0.717, 1.165) is 26.0 Å². The maximum absolute atomic E-state index is 5.66. The summed E-state index contributed by atoms with van der Waals surface area (Å²) in [5, 5.41) is 1.32. The molecule has 0 spiro atoms. The van der Waals surface area contributed by atoms with Gasteiger partial charge >= 0.3 is 0 Å². The number of nitrogens with zero attached hydrogens (tertiary/aromatic N) is 1. The van der Waals surface area contributed by atoms with Gasteiger partial charge in [-0.2, -0.15) is 0 Å². The molecule has 0 saturated heterocycles. The molecule has 0 aliphatic carbocycles. The van der Waals surface area contributed by atoms with Crippen LogP contribution in [-0.4, -0.2) is 38.0 Å². The Labute approximate surface area is 120 Å². The Hall–Kier alpha value is -1.36. The number of ether oxygens (including phenoxy) is 2. The number of fused-ring (bicyclic) bond motifs is 1. The summed E-state index contributed by atoms with van der Waals surface area (Å²) >= 11 is 0. The van der Waals surface area contributed by atoms with E-state index < -0.39 is 0 Å². The van der Waals surface area contributed by atoms with Crippen LogP contribution in [0, 0.1) is 0 Å². The van der Waals surface area contributed by atoms with Gasteiger partial charge in [0.25, 0.3) is 0 Å². The van der Waals surface area contributed by atoms with Crippen LogP contribution < -0.4 is 5.73 Å².